The third-order valence-electron chi connectivity index (χ3n) is 4.12. The number of pyridine rings is 1. The molecule has 0 bridgehead atoms. The molecule has 0 amide bonds. The number of hydrogen-bond acceptors (Lipinski definition) is 7. The maximum Gasteiger partial charge on any atom is 0.238 e. The molecule has 0 spiro atoms. The molecule has 0 radical (unpaired) electrons. The van der Waals surface area contributed by atoms with E-state index in [1.165, 1.54) is 11.5 Å². The van der Waals surface area contributed by atoms with Crippen LogP contribution in [0.5, 0.6) is 5.88 Å². The van der Waals surface area contributed by atoms with Gasteiger partial charge in [0.1, 0.15) is 11.4 Å². The van der Waals surface area contributed by atoms with Crippen LogP contribution in [-0.2, 0) is 0 Å². The standard InChI is InChI=1S/C19H17ClN6OS/c1-11-4-5-13(20)8-15(11)23-19-24-17(25-28-19)14-6-7-16(18(22-14)27-3)26-9-12(2)21-10-26/h4-10H,1-3H3,(H,23,24,25). The van der Waals surface area contributed by atoms with Crippen LogP contribution >= 0.6 is 23.1 Å². The van der Waals surface area contributed by atoms with Crippen molar-refractivity contribution in [3.05, 3.63) is 59.1 Å². The van der Waals surface area contributed by atoms with E-state index in [9.17, 15) is 0 Å². The molecule has 0 aliphatic heterocycles. The summed E-state index contributed by atoms with van der Waals surface area (Å²) < 4.78 is 11.7. The summed E-state index contributed by atoms with van der Waals surface area (Å²) in [4.78, 5) is 13.3. The van der Waals surface area contributed by atoms with E-state index in [4.69, 9.17) is 16.3 Å². The van der Waals surface area contributed by atoms with Gasteiger partial charge in [-0.15, -0.1) is 0 Å². The number of ether oxygens (including phenoxy) is 1. The molecule has 1 N–H and O–H groups in total. The van der Waals surface area contributed by atoms with Crippen LogP contribution in [0.4, 0.5) is 10.8 Å². The summed E-state index contributed by atoms with van der Waals surface area (Å²) in [5, 5.41) is 4.58. The number of nitrogens with zero attached hydrogens (tertiary/aromatic N) is 5. The van der Waals surface area contributed by atoms with Gasteiger partial charge >= 0.3 is 0 Å². The lowest BCUT2D eigenvalue weighted by Crippen LogP contribution is -2.00. The molecule has 9 heteroatoms. The van der Waals surface area contributed by atoms with E-state index < -0.39 is 0 Å². The Labute approximate surface area is 171 Å². The Hall–Kier alpha value is -2.97. The van der Waals surface area contributed by atoms with Crippen molar-refractivity contribution in [3.8, 4) is 23.1 Å². The molecule has 7 nitrogen and oxygen atoms in total. The van der Waals surface area contributed by atoms with Gasteiger partial charge in [-0.2, -0.15) is 9.36 Å². The predicted octanol–water partition coefficient (Wildman–Crippen LogP) is 4.81. The van der Waals surface area contributed by atoms with Crippen molar-refractivity contribution in [2.45, 2.75) is 13.8 Å². The molecule has 3 heterocycles. The van der Waals surface area contributed by atoms with Gasteiger partial charge in [0, 0.05) is 28.4 Å². The number of imidazole rings is 1. The minimum absolute atomic E-state index is 0.477. The van der Waals surface area contributed by atoms with Crippen LogP contribution in [0.25, 0.3) is 17.2 Å². The molecule has 28 heavy (non-hydrogen) atoms. The summed E-state index contributed by atoms with van der Waals surface area (Å²) in [5.41, 5.74) is 4.31. The van der Waals surface area contributed by atoms with Crippen LogP contribution < -0.4 is 10.1 Å². The molecule has 0 unspecified atom stereocenters. The molecule has 3 aromatic heterocycles. The Bertz CT molecular complexity index is 1140. The fourth-order valence-corrected chi connectivity index (χ4v) is 3.44. The Balaban J connectivity index is 1.62. The number of rotatable bonds is 5. The highest BCUT2D eigenvalue weighted by atomic mass is 35.5. The van der Waals surface area contributed by atoms with Crippen molar-refractivity contribution < 1.29 is 4.74 Å². The van der Waals surface area contributed by atoms with E-state index in [0.717, 1.165) is 22.6 Å². The monoisotopic (exact) mass is 412 g/mol. The van der Waals surface area contributed by atoms with E-state index in [-0.39, 0.29) is 0 Å². The number of anilines is 2. The molecular weight excluding hydrogens is 396 g/mol. The summed E-state index contributed by atoms with van der Waals surface area (Å²) in [6.07, 6.45) is 3.64. The van der Waals surface area contributed by atoms with E-state index in [1.54, 1.807) is 13.4 Å². The first kappa shape index (κ1) is 18.4. The maximum absolute atomic E-state index is 6.08. The summed E-state index contributed by atoms with van der Waals surface area (Å²) in [6.45, 7) is 3.93. The fraction of sp³-hybridized carbons (Fsp3) is 0.158. The van der Waals surface area contributed by atoms with E-state index in [1.807, 2.05) is 54.9 Å². The SMILES string of the molecule is COc1nc(-c2nsc(Nc3cc(Cl)ccc3C)n2)ccc1-n1cnc(C)c1. The molecule has 4 aromatic rings. The summed E-state index contributed by atoms with van der Waals surface area (Å²) in [7, 11) is 1.59. The second-order valence-electron chi connectivity index (χ2n) is 6.15. The van der Waals surface area contributed by atoms with Crippen LogP contribution in [0.2, 0.25) is 5.02 Å². The smallest absolute Gasteiger partial charge is 0.238 e. The molecule has 0 atom stereocenters. The molecule has 142 valence electrons. The average Bonchev–Trinajstić information content (AvgIpc) is 3.33. The van der Waals surface area contributed by atoms with E-state index in [0.29, 0.717) is 27.6 Å². The van der Waals surface area contributed by atoms with Crippen LogP contribution in [0.1, 0.15) is 11.3 Å². The summed E-state index contributed by atoms with van der Waals surface area (Å²) in [6, 6.07) is 9.45. The summed E-state index contributed by atoms with van der Waals surface area (Å²) >= 11 is 7.34. The second-order valence-corrected chi connectivity index (χ2v) is 7.34. The van der Waals surface area contributed by atoms with Crippen molar-refractivity contribution in [2.75, 3.05) is 12.4 Å². The molecule has 0 aliphatic rings. The van der Waals surface area contributed by atoms with Gasteiger partial charge in [0.25, 0.3) is 0 Å². The Morgan fingerprint density at radius 2 is 2.00 bits per heavy atom. The lowest BCUT2D eigenvalue weighted by atomic mass is 10.2. The van der Waals surface area contributed by atoms with Crippen molar-refractivity contribution >= 4 is 34.0 Å². The normalized spacial score (nSPS) is 10.9. The Morgan fingerprint density at radius 3 is 2.75 bits per heavy atom. The molecule has 0 saturated carbocycles. The number of benzene rings is 1. The number of halogens is 1. The zero-order chi connectivity index (χ0) is 19.7. The van der Waals surface area contributed by atoms with Crippen molar-refractivity contribution in [1.29, 1.82) is 0 Å². The van der Waals surface area contributed by atoms with E-state index in [2.05, 4.69) is 24.6 Å². The average molecular weight is 413 g/mol. The van der Waals surface area contributed by atoms with Gasteiger partial charge in [0.2, 0.25) is 11.0 Å². The minimum Gasteiger partial charge on any atom is -0.479 e. The first-order valence-corrected chi connectivity index (χ1v) is 9.62. The lowest BCUT2D eigenvalue weighted by Gasteiger charge is -2.09. The largest absolute Gasteiger partial charge is 0.479 e. The zero-order valence-electron chi connectivity index (χ0n) is 15.5. The number of hydrogen-bond donors (Lipinski definition) is 1. The molecule has 0 fully saturated rings. The zero-order valence-corrected chi connectivity index (χ0v) is 17.0. The van der Waals surface area contributed by atoms with Gasteiger partial charge in [0.05, 0.1) is 19.1 Å². The van der Waals surface area contributed by atoms with Crippen LogP contribution in [0.3, 0.4) is 0 Å². The highest BCUT2D eigenvalue weighted by Crippen LogP contribution is 2.29. The number of aromatic nitrogens is 5. The van der Waals surface area contributed by atoms with Gasteiger partial charge in [-0.1, -0.05) is 17.7 Å². The third kappa shape index (κ3) is 3.69. The highest BCUT2D eigenvalue weighted by molar-refractivity contribution is 7.09. The van der Waals surface area contributed by atoms with Gasteiger partial charge < -0.3 is 14.6 Å². The van der Waals surface area contributed by atoms with Gasteiger partial charge in [-0.05, 0) is 43.7 Å². The highest BCUT2D eigenvalue weighted by Gasteiger charge is 2.14. The van der Waals surface area contributed by atoms with Crippen molar-refractivity contribution in [3.63, 3.8) is 0 Å². The van der Waals surface area contributed by atoms with Gasteiger partial charge in [-0.25, -0.2) is 9.97 Å². The predicted molar refractivity (Wildman–Crippen MR) is 111 cm³/mol. The van der Waals surface area contributed by atoms with E-state index >= 15 is 0 Å². The molecule has 4 rings (SSSR count). The Kier molecular flexibility index (Phi) is 4.97. The minimum atomic E-state index is 0.477. The first-order chi connectivity index (χ1) is 13.5. The molecule has 0 aliphatic carbocycles. The number of nitrogens with one attached hydrogen (secondary N) is 1. The fourth-order valence-electron chi connectivity index (χ4n) is 2.68. The van der Waals surface area contributed by atoms with Crippen LogP contribution in [0, 0.1) is 13.8 Å². The van der Waals surface area contributed by atoms with Gasteiger partial charge in [-0.3, -0.25) is 0 Å². The third-order valence-corrected chi connectivity index (χ3v) is 4.99. The van der Waals surface area contributed by atoms with Crippen molar-refractivity contribution in [2.24, 2.45) is 0 Å². The Morgan fingerprint density at radius 1 is 1.14 bits per heavy atom. The summed E-state index contributed by atoms with van der Waals surface area (Å²) in [5.74, 6) is 1.00. The van der Waals surface area contributed by atoms with Crippen LogP contribution in [0.15, 0.2) is 42.9 Å². The molecular formula is C19H17ClN6OS. The van der Waals surface area contributed by atoms with Crippen LogP contribution in [-0.4, -0.2) is 31.0 Å². The second kappa shape index (κ2) is 7.57. The lowest BCUT2D eigenvalue weighted by molar-refractivity contribution is 0.396. The number of methoxy groups -OCH3 is 1. The molecule has 1 aromatic carbocycles. The first-order valence-electron chi connectivity index (χ1n) is 8.47. The maximum atomic E-state index is 6.08. The number of aryl methyl sites for hydroxylation is 2. The molecule has 0 saturated heterocycles. The van der Waals surface area contributed by atoms with Gasteiger partial charge in [0.15, 0.2) is 5.82 Å². The topological polar surface area (TPSA) is 77.8 Å². The quantitative estimate of drug-likeness (QED) is 0.507. The van der Waals surface area contributed by atoms with Crippen molar-refractivity contribution in [1.82, 2.24) is 23.9 Å².